The Hall–Kier alpha value is -1.57. The lowest BCUT2D eigenvalue weighted by atomic mass is 10.0. The third-order valence-electron chi connectivity index (χ3n) is 1.86. The molecule has 1 N–H and O–H groups in total. The van der Waals surface area contributed by atoms with Crippen molar-refractivity contribution < 1.29 is 9.90 Å². The first kappa shape index (κ1) is 9.52. The summed E-state index contributed by atoms with van der Waals surface area (Å²) in [6, 6.07) is 5.42. The largest absolute Gasteiger partial charge is 0.478 e. The molecule has 0 atom stereocenters. The first-order valence-electron chi connectivity index (χ1n) is 4.09. The highest BCUT2D eigenvalue weighted by molar-refractivity contribution is 5.89. The molecule has 0 spiro atoms. The smallest absolute Gasteiger partial charge is 0.335 e. The highest BCUT2D eigenvalue weighted by atomic mass is 16.4. The van der Waals surface area contributed by atoms with E-state index >= 15 is 0 Å². The van der Waals surface area contributed by atoms with Gasteiger partial charge in [0.05, 0.1) is 5.56 Å². The van der Waals surface area contributed by atoms with Crippen LogP contribution in [0.5, 0.6) is 0 Å². The van der Waals surface area contributed by atoms with Gasteiger partial charge in [0.25, 0.3) is 0 Å². The molecule has 0 amide bonds. The first-order chi connectivity index (χ1) is 6.15. The maximum Gasteiger partial charge on any atom is 0.335 e. The molecule has 0 aliphatic rings. The van der Waals surface area contributed by atoms with Crippen molar-refractivity contribution in [3.05, 3.63) is 47.5 Å². The summed E-state index contributed by atoms with van der Waals surface area (Å²) in [4.78, 5) is 10.8. The molecule has 0 aliphatic heterocycles. The van der Waals surface area contributed by atoms with E-state index in [2.05, 4.69) is 6.58 Å². The van der Waals surface area contributed by atoms with Crippen molar-refractivity contribution in [1.82, 2.24) is 0 Å². The molecule has 0 fully saturated rings. The molecule has 0 unspecified atom stereocenters. The van der Waals surface area contributed by atoms with E-state index in [0.717, 1.165) is 11.1 Å². The van der Waals surface area contributed by atoms with Crippen LogP contribution in [-0.2, 0) is 6.42 Å². The maximum absolute atomic E-state index is 10.8. The average molecular weight is 176 g/mol. The third-order valence-corrected chi connectivity index (χ3v) is 1.86. The molecule has 0 bridgehead atoms. The van der Waals surface area contributed by atoms with E-state index < -0.39 is 5.97 Å². The fraction of sp³-hybridized carbons (Fsp3) is 0.182. The Morgan fingerprint density at radius 2 is 2.31 bits per heavy atom. The summed E-state index contributed by atoms with van der Waals surface area (Å²) in [6.07, 6.45) is 2.30. The van der Waals surface area contributed by atoms with Crippen molar-refractivity contribution in [3.63, 3.8) is 0 Å². The van der Waals surface area contributed by atoms with Crippen molar-refractivity contribution in [2.45, 2.75) is 13.3 Å². The number of aromatic carboxylic acids is 1. The van der Waals surface area contributed by atoms with Crippen LogP contribution in [0.2, 0.25) is 0 Å². The van der Waals surface area contributed by atoms with E-state index in [-0.39, 0.29) is 0 Å². The van der Waals surface area contributed by atoms with E-state index in [1.165, 1.54) is 0 Å². The average Bonchev–Trinajstić information content (AvgIpc) is 2.08. The minimum atomic E-state index is -0.874. The molecule has 0 heterocycles. The number of rotatable bonds is 3. The zero-order chi connectivity index (χ0) is 9.84. The molecule has 2 nitrogen and oxygen atoms in total. The number of carboxylic acids is 1. The van der Waals surface area contributed by atoms with Gasteiger partial charge in [-0.05, 0) is 25.0 Å². The van der Waals surface area contributed by atoms with Crippen molar-refractivity contribution >= 4 is 5.97 Å². The summed E-state index contributed by atoms with van der Waals surface area (Å²) in [5.41, 5.74) is 2.15. The van der Waals surface area contributed by atoms with Crippen molar-refractivity contribution in [1.29, 1.82) is 0 Å². The summed E-state index contributed by atoms with van der Waals surface area (Å²) in [5.74, 6) is -0.874. The standard InChI is InChI=1S/C11H12O2/c1-3-4-9-6-5-8(2)7-10(9)11(12)13/h3,5-7H,1,4H2,2H3,(H,12,13). The highest BCUT2D eigenvalue weighted by Gasteiger charge is 2.08. The zero-order valence-corrected chi connectivity index (χ0v) is 7.58. The zero-order valence-electron chi connectivity index (χ0n) is 7.58. The van der Waals surface area contributed by atoms with Crippen LogP contribution >= 0.6 is 0 Å². The topological polar surface area (TPSA) is 37.3 Å². The number of carboxylic acid groups (broad SMARTS) is 1. The van der Waals surface area contributed by atoms with Gasteiger partial charge >= 0.3 is 5.97 Å². The second-order valence-corrected chi connectivity index (χ2v) is 2.96. The maximum atomic E-state index is 10.8. The molecule has 1 rings (SSSR count). The lowest BCUT2D eigenvalue weighted by molar-refractivity contribution is 0.0696. The van der Waals surface area contributed by atoms with Crippen LogP contribution in [0.15, 0.2) is 30.9 Å². The molecule has 0 saturated heterocycles. The van der Waals surface area contributed by atoms with Crippen molar-refractivity contribution in [2.24, 2.45) is 0 Å². The van der Waals surface area contributed by atoms with Gasteiger partial charge in [0.2, 0.25) is 0 Å². The van der Waals surface area contributed by atoms with Crippen LogP contribution < -0.4 is 0 Å². The quantitative estimate of drug-likeness (QED) is 0.718. The van der Waals surface area contributed by atoms with Gasteiger partial charge in [0.1, 0.15) is 0 Å². The minimum Gasteiger partial charge on any atom is -0.478 e. The van der Waals surface area contributed by atoms with Gasteiger partial charge in [-0.2, -0.15) is 0 Å². The minimum absolute atomic E-state index is 0.375. The molecule has 0 aliphatic carbocycles. The molecule has 0 radical (unpaired) electrons. The Labute approximate surface area is 77.5 Å². The second kappa shape index (κ2) is 3.90. The van der Waals surface area contributed by atoms with Gasteiger partial charge in [-0.3, -0.25) is 0 Å². The Morgan fingerprint density at radius 1 is 1.62 bits per heavy atom. The molecule has 2 heteroatoms. The SMILES string of the molecule is C=CCc1ccc(C)cc1C(=O)O. The van der Waals surface area contributed by atoms with Crippen LogP contribution in [0.1, 0.15) is 21.5 Å². The number of hydrogen-bond acceptors (Lipinski definition) is 1. The molecule has 1 aromatic rings. The lowest BCUT2D eigenvalue weighted by Crippen LogP contribution is -2.02. The van der Waals surface area contributed by atoms with Gasteiger partial charge < -0.3 is 5.11 Å². The van der Waals surface area contributed by atoms with Crippen LogP contribution in [0.25, 0.3) is 0 Å². The van der Waals surface area contributed by atoms with E-state index in [1.54, 1.807) is 12.1 Å². The van der Waals surface area contributed by atoms with Crippen LogP contribution in [0.4, 0.5) is 0 Å². The lowest BCUT2D eigenvalue weighted by Gasteiger charge is -2.03. The summed E-state index contributed by atoms with van der Waals surface area (Å²) >= 11 is 0. The number of hydrogen-bond donors (Lipinski definition) is 1. The van der Waals surface area contributed by atoms with E-state index in [4.69, 9.17) is 5.11 Å². The molecule has 0 aromatic heterocycles. The summed E-state index contributed by atoms with van der Waals surface area (Å²) in [6.45, 7) is 5.47. The monoisotopic (exact) mass is 176 g/mol. The van der Waals surface area contributed by atoms with Gasteiger partial charge in [-0.1, -0.05) is 23.8 Å². The van der Waals surface area contributed by atoms with Crippen molar-refractivity contribution in [3.8, 4) is 0 Å². The van der Waals surface area contributed by atoms with E-state index in [1.807, 2.05) is 19.1 Å². The Morgan fingerprint density at radius 3 is 2.85 bits per heavy atom. The molecule has 0 saturated carbocycles. The second-order valence-electron chi connectivity index (χ2n) is 2.96. The predicted octanol–water partition coefficient (Wildman–Crippen LogP) is 2.42. The van der Waals surface area contributed by atoms with Gasteiger partial charge in [0.15, 0.2) is 0 Å². The van der Waals surface area contributed by atoms with Gasteiger partial charge in [-0.25, -0.2) is 4.79 Å². The summed E-state index contributed by atoms with van der Waals surface area (Å²) in [7, 11) is 0. The van der Waals surface area contributed by atoms with E-state index in [9.17, 15) is 4.79 Å². The number of carbonyl (C=O) groups is 1. The third kappa shape index (κ3) is 2.18. The molecule has 1 aromatic carbocycles. The van der Waals surface area contributed by atoms with Crippen molar-refractivity contribution in [2.75, 3.05) is 0 Å². The number of allylic oxidation sites excluding steroid dienone is 1. The fourth-order valence-corrected chi connectivity index (χ4v) is 1.22. The van der Waals surface area contributed by atoms with Crippen LogP contribution in [0.3, 0.4) is 0 Å². The highest BCUT2D eigenvalue weighted by Crippen LogP contribution is 2.12. The number of aryl methyl sites for hydroxylation is 1. The summed E-state index contributed by atoms with van der Waals surface area (Å²) < 4.78 is 0. The molecular weight excluding hydrogens is 164 g/mol. The Bertz CT molecular complexity index is 340. The van der Waals surface area contributed by atoms with Gasteiger partial charge in [0, 0.05) is 0 Å². The predicted molar refractivity (Wildman–Crippen MR) is 52.0 cm³/mol. The molecule has 13 heavy (non-hydrogen) atoms. The fourth-order valence-electron chi connectivity index (χ4n) is 1.22. The van der Waals surface area contributed by atoms with Gasteiger partial charge in [-0.15, -0.1) is 6.58 Å². The first-order valence-corrected chi connectivity index (χ1v) is 4.09. The Balaban J connectivity index is 3.17. The van der Waals surface area contributed by atoms with E-state index in [0.29, 0.717) is 12.0 Å². The van der Waals surface area contributed by atoms with Crippen LogP contribution in [-0.4, -0.2) is 11.1 Å². The summed E-state index contributed by atoms with van der Waals surface area (Å²) in [5, 5.41) is 8.88. The Kier molecular flexibility index (Phi) is 2.85. The normalized spacial score (nSPS) is 9.62. The van der Waals surface area contributed by atoms with Crippen LogP contribution in [0, 0.1) is 6.92 Å². The molecule has 68 valence electrons. The molecular formula is C11H12O2. The number of benzene rings is 1.